The number of aromatic nitrogens is 1. The van der Waals surface area contributed by atoms with Crippen LogP contribution in [0.1, 0.15) is 53.1 Å². The predicted octanol–water partition coefficient (Wildman–Crippen LogP) is 3.65. The van der Waals surface area contributed by atoms with E-state index < -0.39 is 5.91 Å². The second-order valence-electron chi connectivity index (χ2n) is 8.83. The van der Waals surface area contributed by atoms with Gasteiger partial charge in [-0.1, -0.05) is 31.4 Å². The first-order chi connectivity index (χ1) is 15.8. The molecule has 3 amide bonds. The van der Waals surface area contributed by atoms with Gasteiger partial charge in [0.25, 0.3) is 11.8 Å². The number of H-pyrrole nitrogens is 1. The van der Waals surface area contributed by atoms with Gasteiger partial charge >= 0.3 is 0 Å². The van der Waals surface area contributed by atoms with E-state index in [0.29, 0.717) is 11.5 Å². The largest absolute Gasteiger partial charge is 0.451 e. The molecule has 0 aliphatic heterocycles. The second kappa shape index (κ2) is 9.52. The summed E-state index contributed by atoms with van der Waals surface area (Å²) in [6.07, 6.45) is 5.56. The van der Waals surface area contributed by atoms with Crippen LogP contribution in [0.5, 0.6) is 0 Å². The van der Waals surface area contributed by atoms with Gasteiger partial charge in [-0.05, 0) is 37.1 Å². The minimum atomic E-state index is -0.425. The Balaban J connectivity index is 1.40. The molecule has 0 radical (unpaired) electrons. The van der Waals surface area contributed by atoms with Gasteiger partial charge in [0.2, 0.25) is 5.91 Å². The van der Waals surface area contributed by atoms with Crippen LogP contribution in [0, 0.1) is 0 Å². The fourth-order valence-corrected chi connectivity index (χ4v) is 4.29. The van der Waals surface area contributed by atoms with Crippen molar-refractivity contribution in [1.82, 2.24) is 20.1 Å². The number of nitrogens with one attached hydrogen (secondary N) is 2. The number of rotatable bonds is 6. The quantitative estimate of drug-likeness (QED) is 0.599. The number of nitrogens with zero attached hydrogens (tertiary/aromatic N) is 2. The number of furan rings is 1. The molecule has 1 saturated carbocycles. The smallest absolute Gasteiger partial charge is 0.287 e. The lowest BCUT2D eigenvalue weighted by Crippen LogP contribution is -2.44. The molecule has 8 nitrogen and oxygen atoms in total. The van der Waals surface area contributed by atoms with E-state index in [2.05, 4.69) is 10.3 Å². The molecule has 0 unspecified atom stereocenters. The molecule has 0 atom stereocenters. The highest BCUT2D eigenvalue weighted by atomic mass is 16.4. The van der Waals surface area contributed by atoms with Crippen molar-refractivity contribution < 1.29 is 18.8 Å². The highest BCUT2D eigenvalue weighted by molar-refractivity contribution is 5.99. The third-order valence-electron chi connectivity index (χ3n) is 6.29. The minimum Gasteiger partial charge on any atom is -0.451 e. The summed E-state index contributed by atoms with van der Waals surface area (Å²) in [5.41, 5.74) is 2.09. The summed E-state index contributed by atoms with van der Waals surface area (Å²) in [5.74, 6) is 0.0538. The van der Waals surface area contributed by atoms with Crippen LogP contribution >= 0.6 is 0 Å². The van der Waals surface area contributed by atoms with Gasteiger partial charge in [-0.15, -0.1) is 0 Å². The Morgan fingerprint density at radius 1 is 1.03 bits per heavy atom. The fraction of sp³-hybridized carbons (Fsp3) is 0.400. The molecular weight excluding hydrogens is 420 g/mol. The molecule has 1 fully saturated rings. The number of likely N-dealkylation sites (N-methyl/N-ethyl adjacent to an activating group) is 1. The Labute approximate surface area is 192 Å². The van der Waals surface area contributed by atoms with Gasteiger partial charge in [0, 0.05) is 43.7 Å². The van der Waals surface area contributed by atoms with E-state index in [1.165, 1.54) is 11.3 Å². The van der Waals surface area contributed by atoms with Crippen molar-refractivity contribution in [1.29, 1.82) is 0 Å². The van der Waals surface area contributed by atoms with Crippen molar-refractivity contribution in [3.63, 3.8) is 0 Å². The van der Waals surface area contributed by atoms with Crippen molar-refractivity contribution in [2.24, 2.45) is 0 Å². The average Bonchev–Trinajstić information content (AvgIpc) is 3.48. The maximum atomic E-state index is 12.5. The summed E-state index contributed by atoms with van der Waals surface area (Å²) < 4.78 is 5.76. The molecular formula is C25H30N4O4. The van der Waals surface area contributed by atoms with Crippen molar-refractivity contribution in [3.8, 4) is 11.3 Å². The standard InChI is InChI=1S/C25H30N4O4/c1-28(2)25(32)20-13-16-9-10-17(14-19(16)27-20)21-11-12-22(33-21)24(31)26-15-23(30)29(3)18-7-5-4-6-8-18/h9-14,18,27H,4-8,15H2,1-3H3,(H,26,31). The van der Waals surface area contributed by atoms with Crippen LogP contribution in [0.2, 0.25) is 0 Å². The lowest BCUT2D eigenvalue weighted by molar-refractivity contribution is -0.131. The van der Waals surface area contributed by atoms with E-state index in [0.717, 1.165) is 42.1 Å². The summed E-state index contributed by atoms with van der Waals surface area (Å²) in [4.78, 5) is 43.6. The van der Waals surface area contributed by atoms with Gasteiger partial charge in [-0.25, -0.2) is 0 Å². The van der Waals surface area contributed by atoms with Crippen molar-refractivity contribution in [2.45, 2.75) is 38.1 Å². The lowest BCUT2D eigenvalue weighted by atomic mass is 9.94. The summed E-state index contributed by atoms with van der Waals surface area (Å²) >= 11 is 0. The third kappa shape index (κ3) is 4.94. The van der Waals surface area contributed by atoms with Crippen LogP contribution in [-0.4, -0.2) is 66.2 Å². The zero-order chi connectivity index (χ0) is 23.5. The van der Waals surface area contributed by atoms with Crippen LogP contribution in [0.15, 0.2) is 40.8 Å². The Hall–Kier alpha value is -3.55. The molecule has 33 heavy (non-hydrogen) atoms. The minimum absolute atomic E-state index is 0.0566. The zero-order valence-electron chi connectivity index (χ0n) is 19.3. The summed E-state index contributed by atoms with van der Waals surface area (Å²) in [5, 5.41) is 3.58. The van der Waals surface area contributed by atoms with E-state index in [4.69, 9.17) is 4.42 Å². The predicted molar refractivity (Wildman–Crippen MR) is 126 cm³/mol. The first-order valence-corrected chi connectivity index (χ1v) is 11.3. The molecule has 8 heteroatoms. The SMILES string of the molecule is CN(C)C(=O)c1cc2ccc(-c3ccc(C(=O)NCC(=O)N(C)C4CCCCC4)o3)cc2[nH]1. The van der Waals surface area contributed by atoms with Gasteiger partial charge in [0.1, 0.15) is 11.5 Å². The number of hydrogen-bond donors (Lipinski definition) is 2. The first-order valence-electron chi connectivity index (χ1n) is 11.3. The van der Waals surface area contributed by atoms with E-state index in [1.54, 1.807) is 31.1 Å². The van der Waals surface area contributed by atoms with Crippen molar-refractivity contribution in [3.05, 3.63) is 47.9 Å². The van der Waals surface area contributed by atoms with E-state index in [-0.39, 0.29) is 30.2 Å². The number of carbonyl (C=O) groups is 3. The topological polar surface area (TPSA) is 98.7 Å². The molecule has 1 aliphatic rings. The number of hydrogen-bond acceptors (Lipinski definition) is 4. The van der Waals surface area contributed by atoms with Gasteiger partial charge in [0.15, 0.2) is 5.76 Å². The molecule has 1 aliphatic carbocycles. The van der Waals surface area contributed by atoms with Crippen LogP contribution < -0.4 is 5.32 Å². The maximum Gasteiger partial charge on any atom is 0.287 e. The normalized spacial score (nSPS) is 14.3. The number of fused-ring (bicyclic) bond motifs is 1. The molecule has 3 aromatic rings. The average molecular weight is 451 g/mol. The highest BCUT2D eigenvalue weighted by Gasteiger charge is 2.23. The van der Waals surface area contributed by atoms with Crippen LogP contribution in [0.25, 0.3) is 22.2 Å². The number of benzene rings is 1. The molecule has 2 heterocycles. The van der Waals surface area contributed by atoms with Crippen LogP contribution in [0.3, 0.4) is 0 Å². The third-order valence-corrected chi connectivity index (χ3v) is 6.29. The number of aromatic amines is 1. The molecule has 0 saturated heterocycles. The summed E-state index contributed by atoms with van der Waals surface area (Å²) in [6.45, 7) is -0.0566. The van der Waals surface area contributed by atoms with Crippen molar-refractivity contribution in [2.75, 3.05) is 27.7 Å². The Kier molecular flexibility index (Phi) is 6.53. The first kappa shape index (κ1) is 22.6. The number of amides is 3. The fourth-order valence-electron chi connectivity index (χ4n) is 4.29. The molecule has 2 aromatic heterocycles. The Bertz CT molecular complexity index is 1170. The van der Waals surface area contributed by atoms with Gasteiger partial charge < -0.3 is 24.5 Å². The summed E-state index contributed by atoms with van der Waals surface area (Å²) in [6, 6.07) is 11.0. The maximum absolute atomic E-state index is 12.5. The molecule has 1 aromatic carbocycles. The molecule has 2 N–H and O–H groups in total. The van der Waals surface area contributed by atoms with Gasteiger partial charge in [0.05, 0.1) is 6.54 Å². The summed E-state index contributed by atoms with van der Waals surface area (Å²) in [7, 11) is 5.22. The van der Waals surface area contributed by atoms with Gasteiger partial charge in [-0.3, -0.25) is 14.4 Å². The second-order valence-corrected chi connectivity index (χ2v) is 8.83. The lowest BCUT2D eigenvalue weighted by Gasteiger charge is -2.31. The molecule has 0 spiro atoms. The Morgan fingerprint density at radius 3 is 2.52 bits per heavy atom. The van der Waals surface area contributed by atoms with Crippen molar-refractivity contribution >= 4 is 28.6 Å². The molecule has 0 bridgehead atoms. The van der Waals surface area contributed by atoms with E-state index >= 15 is 0 Å². The van der Waals surface area contributed by atoms with Crippen LogP contribution in [0.4, 0.5) is 0 Å². The Morgan fingerprint density at radius 2 is 1.79 bits per heavy atom. The number of carbonyl (C=O) groups excluding carboxylic acids is 3. The van der Waals surface area contributed by atoms with E-state index in [9.17, 15) is 14.4 Å². The molecule has 174 valence electrons. The highest BCUT2D eigenvalue weighted by Crippen LogP contribution is 2.27. The zero-order valence-corrected chi connectivity index (χ0v) is 19.3. The van der Waals surface area contributed by atoms with Crippen LogP contribution in [-0.2, 0) is 4.79 Å². The van der Waals surface area contributed by atoms with E-state index in [1.807, 2.05) is 31.3 Å². The molecule has 4 rings (SSSR count). The van der Waals surface area contributed by atoms with Gasteiger partial charge in [-0.2, -0.15) is 0 Å². The monoisotopic (exact) mass is 450 g/mol.